The minimum Gasteiger partial charge on any atom is -0.450 e. The highest BCUT2D eigenvalue weighted by Gasteiger charge is 2.37. The monoisotopic (exact) mass is 451 g/mol. The fourth-order valence-corrected chi connectivity index (χ4v) is 4.79. The van der Waals surface area contributed by atoms with E-state index in [0.717, 1.165) is 38.5 Å². The Balaban J connectivity index is 1.96. The fourth-order valence-electron chi connectivity index (χ4n) is 4.79. The van der Waals surface area contributed by atoms with Crippen LogP contribution in [0.1, 0.15) is 109 Å². The number of benzene rings is 1. The molecule has 1 aliphatic rings. The van der Waals surface area contributed by atoms with Gasteiger partial charge in [0.25, 0.3) is 0 Å². The molecule has 0 aromatic heterocycles. The second kappa shape index (κ2) is 13.2. The number of rotatable bonds is 13. The number of nitrogens with zero attached hydrogens (tertiary/aromatic N) is 1. The summed E-state index contributed by atoms with van der Waals surface area (Å²) >= 11 is 0. The van der Waals surface area contributed by atoms with Crippen molar-refractivity contribution in [2.75, 3.05) is 6.61 Å². The first-order valence-corrected chi connectivity index (χ1v) is 12.7. The van der Waals surface area contributed by atoms with Crippen LogP contribution in [0.25, 0.3) is 0 Å². The Kier molecular flexibility index (Phi) is 10.9. The molecule has 5 heteroatoms. The Morgan fingerprint density at radius 2 is 1.59 bits per heavy atom. The van der Waals surface area contributed by atoms with Crippen LogP contribution in [-0.2, 0) is 17.7 Å². The highest BCUT2D eigenvalue weighted by Crippen LogP contribution is 2.40. The van der Waals surface area contributed by atoms with E-state index < -0.39 is 17.7 Å². The van der Waals surface area contributed by atoms with Gasteiger partial charge in [-0.05, 0) is 50.0 Å². The summed E-state index contributed by atoms with van der Waals surface area (Å²) in [5.41, 5.74) is 0.792. The number of unbranched alkanes of at least 4 members (excludes halogenated alkanes) is 7. The molecule has 0 aliphatic heterocycles. The van der Waals surface area contributed by atoms with Crippen LogP contribution in [0.5, 0.6) is 0 Å². The molecule has 1 atom stereocenters. The van der Waals surface area contributed by atoms with E-state index in [0.29, 0.717) is 12.0 Å². The highest BCUT2D eigenvalue weighted by atomic mass is 19.2. The zero-order valence-corrected chi connectivity index (χ0v) is 20.7. The van der Waals surface area contributed by atoms with Crippen molar-refractivity contribution in [2.24, 2.45) is 5.41 Å². The molecular weight excluding hydrogens is 408 g/mol. The van der Waals surface area contributed by atoms with Crippen molar-refractivity contribution < 1.29 is 18.3 Å². The Hall–Kier alpha value is -1.65. The number of halogens is 2. The van der Waals surface area contributed by atoms with Gasteiger partial charge in [0, 0.05) is 11.6 Å². The van der Waals surface area contributed by atoms with Gasteiger partial charge < -0.3 is 9.64 Å². The van der Waals surface area contributed by atoms with Crippen LogP contribution in [-0.4, -0.2) is 23.6 Å². The van der Waals surface area contributed by atoms with Crippen molar-refractivity contribution in [1.82, 2.24) is 4.90 Å². The van der Waals surface area contributed by atoms with Gasteiger partial charge in [0.05, 0.1) is 13.2 Å². The van der Waals surface area contributed by atoms with E-state index in [1.165, 1.54) is 32.1 Å². The van der Waals surface area contributed by atoms with Crippen LogP contribution in [0.3, 0.4) is 0 Å². The van der Waals surface area contributed by atoms with Crippen LogP contribution >= 0.6 is 0 Å². The lowest BCUT2D eigenvalue weighted by molar-refractivity contribution is 0.0847. The van der Waals surface area contributed by atoms with Gasteiger partial charge in [0.15, 0.2) is 11.6 Å². The Bertz CT molecular complexity index is 720. The molecule has 0 heterocycles. The summed E-state index contributed by atoms with van der Waals surface area (Å²) in [5, 5.41) is 0. The number of carbonyl (C=O) groups is 1. The first kappa shape index (κ1) is 26.6. The minimum absolute atomic E-state index is 0.0106. The number of carbonyl (C=O) groups excluding carboxylic acids is 1. The molecule has 1 aromatic carbocycles. The van der Waals surface area contributed by atoms with Crippen LogP contribution in [0.4, 0.5) is 13.6 Å². The van der Waals surface area contributed by atoms with E-state index in [4.69, 9.17) is 4.74 Å². The van der Waals surface area contributed by atoms with Gasteiger partial charge in [-0.15, -0.1) is 0 Å². The topological polar surface area (TPSA) is 29.5 Å². The van der Waals surface area contributed by atoms with Crippen molar-refractivity contribution in [3.8, 4) is 0 Å². The summed E-state index contributed by atoms with van der Waals surface area (Å²) in [4.78, 5) is 14.2. The normalized spacial score (nSPS) is 17.5. The first-order valence-electron chi connectivity index (χ1n) is 12.7. The third-order valence-corrected chi connectivity index (χ3v) is 6.77. The zero-order chi connectivity index (χ0) is 23.6. The van der Waals surface area contributed by atoms with Crippen molar-refractivity contribution in [2.45, 2.75) is 117 Å². The summed E-state index contributed by atoms with van der Waals surface area (Å²) in [6.45, 7) is 8.63. The predicted octanol–water partition coefficient (Wildman–Crippen LogP) is 8.19. The second-order valence-electron chi connectivity index (χ2n) is 10.1. The maximum Gasteiger partial charge on any atom is 0.410 e. The summed E-state index contributed by atoms with van der Waals surface area (Å²) in [7, 11) is 0. The Labute approximate surface area is 193 Å². The van der Waals surface area contributed by atoms with Crippen LogP contribution in [0, 0.1) is 17.0 Å². The van der Waals surface area contributed by atoms with Crippen molar-refractivity contribution in [1.29, 1.82) is 0 Å². The van der Waals surface area contributed by atoms with Gasteiger partial charge in [-0.3, -0.25) is 0 Å². The molecule has 0 spiro atoms. The SMILES string of the molecule is CCCCCCCCCCc1ccc(CN(C(=O)OCC)C2CCC(C)(C)C2)c(F)c1F. The van der Waals surface area contributed by atoms with Gasteiger partial charge in [0.1, 0.15) is 0 Å². The van der Waals surface area contributed by atoms with Gasteiger partial charge in [0.2, 0.25) is 0 Å². The lowest BCUT2D eigenvalue weighted by Gasteiger charge is -2.29. The molecule has 1 amide bonds. The predicted molar refractivity (Wildman–Crippen MR) is 127 cm³/mol. The number of hydrogen-bond acceptors (Lipinski definition) is 2. The average Bonchev–Trinajstić information content (AvgIpc) is 3.11. The van der Waals surface area contributed by atoms with E-state index in [1.807, 2.05) is 0 Å². The standard InChI is InChI=1S/C27H43F2NO2/c1-5-7-8-9-10-11-12-13-14-21-15-16-22(25(29)24(21)28)20-30(26(31)32-6-2)23-17-18-27(3,4)19-23/h15-16,23H,5-14,17-20H2,1-4H3. The Morgan fingerprint density at radius 1 is 1.00 bits per heavy atom. The molecule has 1 saturated carbocycles. The smallest absolute Gasteiger partial charge is 0.410 e. The number of aryl methyl sites for hydroxylation is 1. The third-order valence-electron chi connectivity index (χ3n) is 6.77. The molecule has 0 N–H and O–H groups in total. The van der Waals surface area contributed by atoms with E-state index in [9.17, 15) is 13.6 Å². The van der Waals surface area contributed by atoms with E-state index in [-0.39, 0.29) is 30.2 Å². The molecule has 1 aromatic rings. The van der Waals surface area contributed by atoms with E-state index >= 15 is 0 Å². The van der Waals surface area contributed by atoms with Crippen LogP contribution in [0.2, 0.25) is 0 Å². The highest BCUT2D eigenvalue weighted by molar-refractivity contribution is 5.68. The number of ether oxygens (including phenoxy) is 1. The molecule has 3 nitrogen and oxygen atoms in total. The van der Waals surface area contributed by atoms with Crippen molar-refractivity contribution >= 4 is 6.09 Å². The average molecular weight is 452 g/mol. The minimum atomic E-state index is -0.825. The van der Waals surface area contributed by atoms with Crippen molar-refractivity contribution in [3.05, 3.63) is 34.9 Å². The molecule has 1 aliphatic carbocycles. The van der Waals surface area contributed by atoms with Gasteiger partial charge in [-0.25, -0.2) is 13.6 Å². The first-order chi connectivity index (χ1) is 15.3. The summed E-state index contributed by atoms with van der Waals surface area (Å²) in [6.07, 6.45) is 12.2. The molecule has 1 fully saturated rings. The molecule has 0 saturated heterocycles. The lowest BCUT2D eigenvalue weighted by Crippen LogP contribution is -2.39. The summed E-state index contributed by atoms with van der Waals surface area (Å²) in [6, 6.07) is 3.32. The van der Waals surface area contributed by atoms with E-state index in [1.54, 1.807) is 24.0 Å². The molecule has 32 heavy (non-hydrogen) atoms. The van der Waals surface area contributed by atoms with Gasteiger partial charge in [-0.1, -0.05) is 77.8 Å². The maximum absolute atomic E-state index is 14.9. The molecule has 0 radical (unpaired) electrons. The van der Waals surface area contributed by atoms with Gasteiger partial charge in [-0.2, -0.15) is 0 Å². The van der Waals surface area contributed by atoms with E-state index in [2.05, 4.69) is 20.8 Å². The third kappa shape index (κ3) is 8.04. The Morgan fingerprint density at radius 3 is 2.19 bits per heavy atom. The quantitative estimate of drug-likeness (QED) is 0.283. The largest absolute Gasteiger partial charge is 0.450 e. The number of hydrogen-bond donors (Lipinski definition) is 0. The molecular formula is C27H43F2NO2. The molecule has 2 rings (SSSR count). The van der Waals surface area contributed by atoms with Crippen LogP contribution < -0.4 is 0 Å². The molecule has 0 bridgehead atoms. The fraction of sp³-hybridized carbons (Fsp3) is 0.741. The molecule has 182 valence electrons. The molecule has 1 unspecified atom stereocenters. The maximum atomic E-state index is 14.9. The summed E-state index contributed by atoms with van der Waals surface area (Å²) in [5.74, 6) is -1.59. The zero-order valence-electron chi connectivity index (χ0n) is 20.7. The van der Waals surface area contributed by atoms with Gasteiger partial charge >= 0.3 is 6.09 Å². The second-order valence-corrected chi connectivity index (χ2v) is 10.1. The van der Waals surface area contributed by atoms with Crippen molar-refractivity contribution in [3.63, 3.8) is 0 Å². The summed E-state index contributed by atoms with van der Waals surface area (Å²) < 4.78 is 34.9. The van der Waals surface area contributed by atoms with Crippen LogP contribution in [0.15, 0.2) is 12.1 Å². The number of amides is 1. The lowest BCUT2D eigenvalue weighted by atomic mass is 9.91.